The Hall–Kier alpha value is -1.15. The first-order valence-corrected chi connectivity index (χ1v) is 5.14. The molecule has 0 aliphatic carbocycles. The fourth-order valence-electron chi connectivity index (χ4n) is 1.47. The van der Waals surface area contributed by atoms with E-state index >= 15 is 0 Å². The minimum atomic E-state index is 0.149. The van der Waals surface area contributed by atoms with Gasteiger partial charge < -0.3 is 0 Å². The van der Waals surface area contributed by atoms with Gasteiger partial charge in [-0.15, -0.1) is 0 Å². The zero-order valence-electron chi connectivity index (χ0n) is 7.41. The average Bonchev–Trinajstić information content (AvgIpc) is 2.16. The lowest BCUT2D eigenvalue weighted by Gasteiger charge is -2.00. The lowest BCUT2D eigenvalue weighted by Crippen LogP contribution is -1.95. The first kappa shape index (κ1) is 8.45. The number of aryl methyl sites for hydroxylation is 1. The van der Waals surface area contributed by atoms with Gasteiger partial charge in [0.05, 0.1) is 0 Å². The monoisotopic (exact) mass is 190 g/mol. The number of benzene rings is 1. The van der Waals surface area contributed by atoms with Crippen LogP contribution in [0.25, 0.3) is 10.1 Å². The predicted molar refractivity (Wildman–Crippen MR) is 57.5 cm³/mol. The number of rotatable bonds is 1. The molecular weight excluding hydrogens is 180 g/mol. The summed E-state index contributed by atoms with van der Waals surface area (Å²) in [6.07, 6.45) is 0.920. The third-order valence-electron chi connectivity index (χ3n) is 2.12. The summed E-state index contributed by atoms with van der Waals surface area (Å²) < 4.78 is 1.24. The minimum absolute atomic E-state index is 0.149. The normalized spacial score (nSPS) is 10.5. The molecule has 0 saturated heterocycles. The molecule has 1 aromatic heterocycles. The smallest absolute Gasteiger partial charge is 0.233 e. The van der Waals surface area contributed by atoms with Crippen LogP contribution in [0, 0.1) is 0 Å². The van der Waals surface area contributed by atoms with Gasteiger partial charge >= 0.3 is 0 Å². The van der Waals surface area contributed by atoms with Gasteiger partial charge in [-0.05, 0) is 29.5 Å². The van der Waals surface area contributed by atoms with Crippen molar-refractivity contribution >= 4 is 21.4 Å². The van der Waals surface area contributed by atoms with Crippen molar-refractivity contribution in [2.75, 3.05) is 0 Å². The predicted octanol–water partition coefficient (Wildman–Crippen LogP) is 2.82. The molecule has 0 saturated carbocycles. The zero-order valence-corrected chi connectivity index (χ0v) is 8.23. The van der Waals surface area contributed by atoms with Crippen molar-refractivity contribution in [2.24, 2.45) is 0 Å². The summed E-state index contributed by atoms with van der Waals surface area (Å²) in [7, 11) is 0. The maximum Gasteiger partial charge on any atom is 0.233 e. The molecule has 2 aromatic rings. The van der Waals surface area contributed by atoms with Crippen molar-refractivity contribution < 1.29 is 0 Å². The van der Waals surface area contributed by atoms with Gasteiger partial charge in [-0.2, -0.15) is 0 Å². The van der Waals surface area contributed by atoms with Gasteiger partial charge in [0.2, 0.25) is 4.74 Å². The molecule has 0 bridgehead atoms. The van der Waals surface area contributed by atoms with E-state index in [2.05, 4.69) is 13.0 Å². The van der Waals surface area contributed by atoms with Crippen molar-refractivity contribution in [3.8, 4) is 0 Å². The van der Waals surface area contributed by atoms with Crippen molar-refractivity contribution in [3.05, 3.63) is 45.4 Å². The maximum atomic E-state index is 11.3. The van der Waals surface area contributed by atoms with Crippen molar-refractivity contribution in [3.63, 3.8) is 0 Å². The first-order valence-electron chi connectivity index (χ1n) is 4.33. The third-order valence-corrected chi connectivity index (χ3v) is 3.01. The van der Waals surface area contributed by atoms with Crippen LogP contribution in [0.4, 0.5) is 0 Å². The van der Waals surface area contributed by atoms with Crippen molar-refractivity contribution in [2.45, 2.75) is 13.3 Å². The highest BCUT2D eigenvalue weighted by Crippen LogP contribution is 2.19. The molecule has 1 nitrogen and oxygen atoms in total. The Labute approximate surface area is 80.7 Å². The Morgan fingerprint density at radius 1 is 1.31 bits per heavy atom. The Bertz CT molecular complexity index is 485. The summed E-state index contributed by atoms with van der Waals surface area (Å²) in [6.45, 7) is 2.08. The van der Waals surface area contributed by atoms with E-state index in [1.807, 2.05) is 18.2 Å². The highest BCUT2D eigenvalue weighted by atomic mass is 32.1. The topological polar surface area (TPSA) is 17.1 Å². The molecule has 0 unspecified atom stereocenters. The SMILES string of the molecule is CCc1cc(=O)sc2ccccc12. The van der Waals surface area contributed by atoms with E-state index in [4.69, 9.17) is 0 Å². The van der Waals surface area contributed by atoms with E-state index in [1.165, 1.54) is 16.7 Å². The second-order valence-electron chi connectivity index (χ2n) is 2.94. The molecule has 0 aliphatic rings. The van der Waals surface area contributed by atoms with Crippen LogP contribution in [0.3, 0.4) is 0 Å². The Morgan fingerprint density at radius 2 is 2.08 bits per heavy atom. The van der Waals surface area contributed by atoms with E-state index in [9.17, 15) is 4.79 Å². The molecule has 2 rings (SSSR count). The van der Waals surface area contributed by atoms with Crippen molar-refractivity contribution in [1.29, 1.82) is 0 Å². The Kier molecular flexibility index (Phi) is 2.15. The van der Waals surface area contributed by atoms with Crippen LogP contribution in [-0.4, -0.2) is 0 Å². The summed E-state index contributed by atoms with van der Waals surface area (Å²) in [5.74, 6) is 0. The van der Waals surface area contributed by atoms with Gasteiger partial charge in [0.25, 0.3) is 0 Å². The lowest BCUT2D eigenvalue weighted by molar-refractivity contribution is 1.16. The fourth-order valence-corrected chi connectivity index (χ4v) is 2.34. The second kappa shape index (κ2) is 3.30. The van der Waals surface area contributed by atoms with Gasteiger partial charge in [0.15, 0.2) is 0 Å². The van der Waals surface area contributed by atoms with Crippen molar-refractivity contribution in [1.82, 2.24) is 0 Å². The van der Waals surface area contributed by atoms with E-state index in [1.54, 1.807) is 6.07 Å². The maximum absolute atomic E-state index is 11.3. The number of hydrogen-bond acceptors (Lipinski definition) is 2. The van der Waals surface area contributed by atoms with E-state index in [0.29, 0.717) is 0 Å². The van der Waals surface area contributed by atoms with Gasteiger partial charge in [-0.3, -0.25) is 4.79 Å². The Morgan fingerprint density at radius 3 is 2.85 bits per heavy atom. The average molecular weight is 190 g/mol. The molecule has 0 atom stereocenters. The highest BCUT2D eigenvalue weighted by Gasteiger charge is 2.00. The molecule has 13 heavy (non-hydrogen) atoms. The molecule has 1 aromatic carbocycles. The number of hydrogen-bond donors (Lipinski definition) is 0. The standard InChI is InChI=1S/C11H10OS/c1-2-8-7-11(12)13-10-6-4-3-5-9(8)10/h3-7H,2H2,1H3. The molecule has 1 heterocycles. The highest BCUT2D eigenvalue weighted by molar-refractivity contribution is 7.16. The van der Waals surface area contributed by atoms with Crippen LogP contribution < -0.4 is 4.74 Å². The largest absolute Gasteiger partial charge is 0.278 e. The molecule has 2 heteroatoms. The number of fused-ring (bicyclic) bond motifs is 1. The van der Waals surface area contributed by atoms with Gasteiger partial charge in [-0.1, -0.05) is 36.5 Å². The lowest BCUT2D eigenvalue weighted by atomic mass is 10.1. The van der Waals surface area contributed by atoms with Gasteiger partial charge in [0.1, 0.15) is 0 Å². The summed E-state index contributed by atoms with van der Waals surface area (Å²) in [5, 5.41) is 1.22. The molecule has 0 fully saturated rings. The van der Waals surface area contributed by atoms with Gasteiger partial charge in [0, 0.05) is 4.70 Å². The third kappa shape index (κ3) is 1.49. The van der Waals surface area contributed by atoms with Crippen LogP contribution in [0.1, 0.15) is 12.5 Å². The van der Waals surface area contributed by atoms with E-state index < -0.39 is 0 Å². The van der Waals surface area contributed by atoms with Crippen LogP contribution in [0.5, 0.6) is 0 Å². The summed E-state index contributed by atoms with van der Waals surface area (Å²) in [5.41, 5.74) is 1.15. The molecular formula is C11H10OS. The summed E-state index contributed by atoms with van der Waals surface area (Å²) in [6, 6.07) is 9.80. The van der Waals surface area contributed by atoms with E-state index in [0.717, 1.165) is 16.7 Å². The second-order valence-corrected chi connectivity index (χ2v) is 3.99. The minimum Gasteiger partial charge on any atom is -0.278 e. The molecule has 0 radical (unpaired) electrons. The molecule has 0 N–H and O–H groups in total. The summed E-state index contributed by atoms with van der Waals surface area (Å²) >= 11 is 1.32. The van der Waals surface area contributed by atoms with Crippen LogP contribution in [0.2, 0.25) is 0 Å². The molecule has 0 aliphatic heterocycles. The fraction of sp³-hybridized carbons (Fsp3) is 0.182. The quantitative estimate of drug-likeness (QED) is 0.675. The van der Waals surface area contributed by atoms with Crippen LogP contribution >= 0.6 is 11.3 Å². The van der Waals surface area contributed by atoms with Crippen LogP contribution in [0.15, 0.2) is 35.1 Å². The molecule has 66 valence electrons. The first-order chi connectivity index (χ1) is 6.31. The van der Waals surface area contributed by atoms with Crippen LogP contribution in [-0.2, 0) is 6.42 Å². The van der Waals surface area contributed by atoms with Gasteiger partial charge in [-0.25, -0.2) is 0 Å². The molecule has 0 amide bonds. The Balaban J connectivity index is 2.89. The zero-order chi connectivity index (χ0) is 9.26. The molecule has 0 spiro atoms. The van der Waals surface area contributed by atoms with E-state index in [-0.39, 0.29) is 4.74 Å². The summed E-state index contributed by atoms with van der Waals surface area (Å²) in [4.78, 5) is 11.3.